The smallest absolute Gasteiger partial charge is 0.243 e. The predicted molar refractivity (Wildman–Crippen MR) is 125 cm³/mol. The van der Waals surface area contributed by atoms with Crippen LogP contribution in [0.3, 0.4) is 0 Å². The van der Waals surface area contributed by atoms with Gasteiger partial charge in [0.1, 0.15) is 0 Å². The van der Waals surface area contributed by atoms with Crippen molar-refractivity contribution in [2.24, 2.45) is 0 Å². The Morgan fingerprint density at radius 1 is 0.800 bits per heavy atom. The number of hydrogen-bond donors (Lipinski definition) is 0. The van der Waals surface area contributed by atoms with Crippen molar-refractivity contribution in [1.82, 2.24) is 4.31 Å². The van der Waals surface area contributed by atoms with E-state index in [-0.39, 0.29) is 0 Å². The number of hydrogen-bond acceptors (Lipinski definition) is 4. The molecule has 1 saturated heterocycles. The van der Waals surface area contributed by atoms with Gasteiger partial charge in [-0.1, -0.05) is 36.4 Å². The SMILES string of the molecule is Cc1cccc(N2CCN(S(=O)(=O)c3cccc4c(N(C)C)cccc34)CC2)c1C. The third-order valence-electron chi connectivity index (χ3n) is 6.11. The number of piperazine rings is 1. The lowest BCUT2D eigenvalue weighted by molar-refractivity contribution is 0.385. The van der Waals surface area contributed by atoms with Gasteiger partial charge in [0.15, 0.2) is 0 Å². The summed E-state index contributed by atoms with van der Waals surface area (Å²) < 4.78 is 28.7. The van der Waals surface area contributed by atoms with Gasteiger partial charge in [-0.2, -0.15) is 4.31 Å². The summed E-state index contributed by atoms with van der Waals surface area (Å²) in [6, 6.07) is 17.7. The lowest BCUT2D eigenvalue weighted by Gasteiger charge is -2.36. The van der Waals surface area contributed by atoms with Gasteiger partial charge in [-0.15, -0.1) is 0 Å². The van der Waals surface area contributed by atoms with Gasteiger partial charge in [0.25, 0.3) is 0 Å². The zero-order valence-corrected chi connectivity index (χ0v) is 18.9. The Bertz CT molecular complexity index is 1180. The number of rotatable bonds is 4. The molecule has 3 aromatic carbocycles. The summed E-state index contributed by atoms with van der Waals surface area (Å²) in [7, 11) is 0.382. The van der Waals surface area contributed by atoms with Crippen molar-refractivity contribution in [2.45, 2.75) is 18.7 Å². The zero-order chi connectivity index (χ0) is 21.5. The third kappa shape index (κ3) is 3.55. The maximum atomic E-state index is 13.5. The van der Waals surface area contributed by atoms with Crippen molar-refractivity contribution in [1.29, 1.82) is 0 Å². The molecule has 0 N–H and O–H groups in total. The molecule has 0 spiro atoms. The second-order valence-electron chi connectivity index (χ2n) is 8.13. The second-order valence-corrected chi connectivity index (χ2v) is 10.0. The third-order valence-corrected chi connectivity index (χ3v) is 8.07. The van der Waals surface area contributed by atoms with Crippen LogP contribution in [0.4, 0.5) is 11.4 Å². The Morgan fingerprint density at radius 2 is 1.43 bits per heavy atom. The minimum Gasteiger partial charge on any atom is -0.377 e. The molecule has 3 aromatic rings. The first-order valence-corrected chi connectivity index (χ1v) is 11.7. The molecule has 0 atom stereocenters. The van der Waals surface area contributed by atoms with Gasteiger partial charge in [-0.05, 0) is 43.2 Å². The first kappa shape index (κ1) is 20.7. The zero-order valence-electron chi connectivity index (χ0n) is 18.1. The molecule has 1 heterocycles. The Labute approximate surface area is 179 Å². The predicted octanol–water partition coefficient (Wildman–Crippen LogP) is 4.03. The van der Waals surface area contributed by atoms with Crippen LogP contribution in [0.1, 0.15) is 11.1 Å². The Balaban J connectivity index is 1.63. The highest BCUT2D eigenvalue weighted by atomic mass is 32.2. The minimum absolute atomic E-state index is 0.392. The van der Waals surface area contributed by atoms with Crippen molar-refractivity contribution in [2.75, 3.05) is 50.1 Å². The molecule has 0 aliphatic carbocycles. The van der Waals surface area contributed by atoms with Crippen molar-refractivity contribution in [3.05, 3.63) is 65.7 Å². The summed E-state index contributed by atoms with van der Waals surface area (Å²) in [5.41, 5.74) is 4.74. The van der Waals surface area contributed by atoms with E-state index >= 15 is 0 Å². The van der Waals surface area contributed by atoms with Gasteiger partial charge in [-0.3, -0.25) is 0 Å². The van der Waals surface area contributed by atoms with Gasteiger partial charge in [0, 0.05) is 62.4 Å². The number of anilines is 2. The Hall–Kier alpha value is -2.57. The van der Waals surface area contributed by atoms with E-state index in [2.05, 4.69) is 36.9 Å². The minimum atomic E-state index is -3.57. The molecule has 1 fully saturated rings. The molecule has 4 rings (SSSR count). The van der Waals surface area contributed by atoms with Crippen LogP contribution in [0.25, 0.3) is 10.8 Å². The van der Waals surface area contributed by atoms with Gasteiger partial charge in [-0.25, -0.2) is 8.42 Å². The number of nitrogens with zero attached hydrogens (tertiary/aromatic N) is 3. The van der Waals surface area contributed by atoms with Crippen LogP contribution in [0.15, 0.2) is 59.5 Å². The molecule has 158 valence electrons. The maximum Gasteiger partial charge on any atom is 0.243 e. The van der Waals surface area contributed by atoms with E-state index in [1.807, 2.05) is 49.3 Å². The fraction of sp³-hybridized carbons (Fsp3) is 0.333. The van der Waals surface area contributed by atoms with Crippen LogP contribution in [0.5, 0.6) is 0 Å². The van der Waals surface area contributed by atoms with Crippen molar-refractivity contribution in [3.63, 3.8) is 0 Å². The van der Waals surface area contributed by atoms with Crippen molar-refractivity contribution >= 4 is 32.2 Å². The molecule has 1 aliphatic rings. The van der Waals surface area contributed by atoms with Crippen LogP contribution < -0.4 is 9.80 Å². The molecule has 30 heavy (non-hydrogen) atoms. The van der Waals surface area contributed by atoms with Gasteiger partial charge in [0.2, 0.25) is 10.0 Å². The van der Waals surface area contributed by atoms with Crippen LogP contribution in [-0.4, -0.2) is 53.0 Å². The monoisotopic (exact) mass is 423 g/mol. The molecule has 1 aliphatic heterocycles. The first-order valence-electron chi connectivity index (χ1n) is 10.3. The van der Waals surface area contributed by atoms with E-state index in [0.717, 1.165) is 16.5 Å². The molecule has 0 radical (unpaired) electrons. The van der Waals surface area contributed by atoms with E-state index in [9.17, 15) is 8.42 Å². The van der Waals surface area contributed by atoms with E-state index in [1.165, 1.54) is 16.8 Å². The summed E-state index contributed by atoms with van der Waals surface area (Å²) in [6.45, 7) is 6.60. The average molecular weight is 424 g/mol. The summed E-state index contributed by atoms with van der Waals surface area (Å²) in [5.74, 6) is 0. The lowest BCUT2D eigenvalue weighted by atomic mass is 10.1. The molecule has 0 bridgehead atoms. The fourth-order valence-corrected chi connectivity index (χ4v) is 5.89. The van der Waals surface area contributed by atoms with E-state index in [1.54, 1.807) is 10.4 Å². The molecule has 0 unspecified atom stereocenters. The normalized spacial score (nSPS) is 15.5. The second kappa shape index (κ2) is 7.93. The van der Waals surface area contributed by atoms with Crippen LogP contribution in [-0.2, 0) is 10.0 Å². The summed E-state index contributed by atoms with van der Waals surface area (Å²) in [4.78, 5) is 4.70. The standard InChI is InChI=1S/C24H29N3O2S/c1-18-8-5-11-22(19(18)2)26-14-16-27(17-15-26)30(28,29)24-13-7-9-20-21(24)10-6-12-23(20)25(3)4/h5-13H,14-17H2,1-4H3. The Kier molecular flexibility index (Phi) is 5.47. The topological polar surface area (TPSA) is 43.9 Å². The quantitative estimate of drug-likeness (QED) is 0.635. The molecule has 6 heteroatoms. The highest BCUT2D eigenvalue weighted by Crippen LogP contribution is 2.32. The van der Waals surface area contributed by atoms with Gasteiger partial charge >= 0.3 is 0 Å². The molecule has 0 saturated carbocycles. The average Bonchev–Trinajstić information content (AvgIpc) is 2.74. The molecule has 5 nitrogen and oxygen atoms in total. The number of sulfonamides is 1. The van der Waals surface area contributed by atoms with E-state index < -0.39 is 10.0 Å². The first-order chi connectivity index (χ1) is 14.3. The molecule has 0 amide bonds. The summed E-state index contributed by atoms with van der Waals surface area (Å²) in [5, 5.41) is 1.73. The van der Waals surface area contributed by atoms with Crippen molar-refractivity contribution < 1.29 is 8.42 Å². The molecular weight excluding hydrogens is 394 g/mol. The number of benzene rings is 3. The maximum absolute atomic E-state index is 13.5. The molecule has 0 aromatic heterocycles. The number of fused-ring (bicyclic) bond motifs is 1. The van der Waals surface area contributed by atoms with Crippen LogP contribution in [0.2, 0.25) is 0 Å². The van der Waals surface area contributed by atoms with Crippen LogP contribution >= 0.6 is 0 Å². The van der Waals surface area contributed by atoms with Gasteiger partial charge in [0.05, 0.1) is 4.90 Å². The highest BCUT2D eigenvalue weighted by Gasteiger charge is 2.30. The summed E-state index contributed by atoms with van der Waals surface area (Å²) in [6.07, 6.45) is 0. The van der Waals surface area contributed by atoms with Gasteiger partial charge < -0.3 is 9.80 Å². The summed E-state index contributed by atoms with van der Waals surface area (Å²) >= 11 is 0. The van der Waals surface area contributed by atoms with Crippen LogP contribution in [0, 0.1) is 13.8 Å². The highest BCUT2D eigenvalue weighted by molar-refractivity contribution is 7.89. The lowest BCUT2D eigenvalue weighted by Crippen LogP contribution is -2.48. The Morgan fingerprint density at radius 3 is 2.13 bits per heavy atom. The van der Waals surface area contributed by atoms with E-state index in [0.29, 0.717) is 31.1 Å². The largest absolute Gasteiger partial charge is 0.377 e. The fourth-order valence-electron chi connectivity index (χ4n) is 4.27. The van der Waals surface area contributed by atoms with Crippen molar-refractivity contribution in [3.8, 4) is 0 Å². The van der Waals surface area contributed by atoms with E-state index in [4.69, 9.17) is 0 Å². The number of aryl methyl sites for hydroxylation is 1. The molecular formula is C24H29N3O2S.